The van der Waals surface area contributed by atoms with Gasteiger partial charge in [-0.3, -0.25) is 0 Å². The molecule has 0 atom stereocenters. The lowest BCUT2D eigenvalue weighted by molar-refractivity contribution is -0.139. The van der Waals surface area contributed by atoms with Gasteiger partial charge in [0, 0.05) is 5.57 Å². The smallest absolute Gasteiger partial charge is 0.334 e. The number of phenols is 1. The van der Waals surface area contributed by atoms with E-state index in [1.807, 2.05) is 13.0 Å². The molecular weight excluding hydrogens is 240 g/mol. The number of carbonyl (C=O) groups is 1. The van der Waals surface area contributed by atoms with Gasteiger partial charge in [0.15, 0.2) is 0 Å². The first-order chi connectivity index (χ1) is 9.17. The number of unbranched alkanes of at least 4 members (excludes halogenated alkanes) is 1. The third-order valence-corrected chi connectivity index (χ3v) is 2.75. The Morgan fingerprint density at radius 1 is 1.21 bits per heavy atom. The van der Waals surface area contributed by atoms with Gasteiger partial charge >= 0.3 is 5.97 Å². The summed E-state index contributed by atoms with van der Waals surface area (Å²) in [7, 11) is 0. The van der Waals surface area contributed by atoms with Crippen LogP contribution < -0.4 is 0 Å². The molecule has 0 spiro atoms. The number of hydrogen-bond donors (Lipinski definition) is 1. The number of ether oxygens (including phenoxy) is 1. The van der Waals surface area contributed by atoms with Crippen molar-refractivity contribution in [3.05, 3.63) is 35.4 Å². The zero-order chi connectivity index (χ0) is 14.1. The van der Waals surface area contributed by atoms with Crippen molar-refractivity contribution >= 4 is 12.0 Å². The van der Waals surface area contributed by atoms with Crippen molar-refractivity contribution < 1.29 is 14.6 Å². The standard InChI is InChI=1S/C16H22O3/c1-3-5-11-19-16(18)14(6-4-2)12-13-7-9-15(17)10-8-13/h7-10,12,17H,3-6,11H2,1-2H3. The molecule has 3 nitrogen and oxygen atoms in total. The molecule has 104 valence electrons. The third-order valence-electron chi connectivity index (χ3n) is 2.75. The minimum absolute atomic E-state index is 0.222. The molecule has 19 heavy (non-hydrogen) atoms. The lowest BCUT2D eigenvalue weighted by atomic mass is 10.1. The minimum atomic E-state index is -0.233. The van der Waals surface area contributed by atoms with Gasteiger partial charge in [-0.1, -0.05) is 38.8 Å². The van der Waals surface area contributed by atoms with E-state index in [0.29, 0.717) is 18.6 Å². The number of hydrogen-bond acceptors (Lipinski definition) is 3. The molecule has 0 saturated carbocycles. The van der Waals surface area contributed by atoms with Crippen LogP contribution in [0.15, 0.2) is 29.8 Å². The number of carbonyl (C=O) groups excluding carboxylic acids is 1. The number of benzene rings is 1. The summed E-state index contributed by atoms with van der Waals surface area (Å²) in [6, 6.07) is 6.78. The number of phenolic OH excluding ortho intramolecular Hbond substituents is 1. The molecule has 0 amide bonds. The van der Waals surface area contributed by atoms with Crippen molar-refractivity contribution in [3.8, 4) is 5.75 Å². The second kappa shape index (κ2) is 8.35. The van der Waals surface area contributed by atoms with E-state index in [1.165, 1.54) is 0 Å². The molecule has 0 aliphatic heterocycles. The van der Waals surface area contributed by atoms with E-state index >= 15 is 0 Å². The predicted octanol–water partition coefficient (Wildman–Crippen LogP) is 3.92. The minimum Gasteiger partial charge on any atom is -0.508 e. The molecule has 0 unspecified atom stereocenters. The Morgan fingerprint density at radius 2 is 1.89 bits per heavy atom. The van der Waals surface area contributed by atoms with Crippen LogP contribution in [0.1, 0.15) is 45.1 Å². The maximum Gasteiger partial charge on any atom is 0.334 e. The first kappa shape index (κ1) is 15.3. The van der Waals surface area contributed by atoms with Gasteiger partial charge in [0.2, 0.25) is 0 Å². The highest BCUT2D eigenvalue weighted by Crippen LogP contribution is 2.16. The van der Waals surface area contributed by atoms with Crippen molar-refractivity contribution in [1.29, 1.82) is 0 Å². The van der Waals surface area contributed by atoms with E-state index < -0.39 is 0 Å². The fourth-order valence-corrected chi connectivity index (χ4v) is 1.68. The van der Waals surface area contributed by atoms with Crippen molar-refractivity contribution in [3.63, 3.8) is 0 Å². The number of aromatic hydroxyl groups is 1. The van der Waals surface area contributed by atoms with E-state index in [9.17, 15) is 9.90 Å². The van der Waals surface area contributed by atoms with Gasteiger partial charge in [-0.2, -0.15) is 0 Å². The zero-order valence-corrected chi connectivity index (χ0v) is 11.7. The summed E-state index contributed by atoms with van der Waals surface area (Å²) in [4.78, 5) is 11.9. The second-order valence-corrected chi connectivity index (χ2v) is 4.50. The van der Waals surface area contributed by atoms with Gasteiger partial charge in [0.1, 0.15) is 5.75 Å². The predicted molar refractivity (Wildman–Crippen MR) is 76.9 cm³/mol. The van der Waals surface area contributed by atoms with Gasteiger partial charge in [-0.15, -0.1) is 0 Å². The van der Waals surface area contributed by atoms with Crippen LogP contribution in [-0.2, 0) is 9.53 Å². The molecule has 3 heteroatoms. The maximum absolute atomic E-state index is 11.9. The molecule has 1 rings (SSSR count). The Kier molecular flexibility index (Phi) is 6.72. The van der Waals surface area contributed by atoms with Crippen LogP contribution in [0.5, 0.6) is 5.75 Å². The molecule has 1 aromatic carbocycles. The van der Waals surface area contributed by atoms with E-state index in [4.69, 9.17) is 4.74 Å². The highest BCUT2D eigenvalue weighted by molar-refractivity contribution is 5.93. The SMILES string of the molecule is CCCCOC(=O)C(=Cc1ccc(O)cc1)CCC. The summed E-state index contributed by atoms with van der Waals surface area (Å²) in [6.07, 6.45) is 5.33. The van der Waals surface area contributed by atoms with Crippen LogP contribution in [0.2, 0.25) is 0 Å². The van der Waals surface area contributed by atoms with Gasteiger partial charge < -0.3 is 9.84 Å². The van der Waals surface area contributed by atoms with Crippen LogP contribution in [-0.4, -0.2) is 17.7 Å². The molecule has 1 N–H and O–H groups in total. The lowest BCUT2D eigenvalue weighted by Gasteiger charge is -2.07. The van der Waals surface area contributed by atoms with E-state index in [2.05, 4.69) is 6.92 Å². The maximum atomic E-state index is 11.9. The van der Waals surface area contributed by atoms with E-state index in [0.717, 1.165) is 24.8 Å². The average Bonchev–Trinajstić information content (AvgIpc) is 2.41. The summed E-state index contributed by atoms with van der Waals surface area (Å²) in [5.41, 5.74) is 1.58. The van der Waals surface area contributed by atoms with Crippen LogP contribution in [0, 0.1) is 0 Å². The highest BCUT2D eigenvalue weighted by atomic mass is 16.5. The Bertz CT molecular complexity index is 418. The van der Waals surface area contributed by atoms with Crippen molar-refractivity contribution in [1.82, 2.24) is 0 Å². The Hall–Kier alpha value is -1.77. The number of rotatable bonds is 7. The van der Waals surface area contributed by atoms with Crippen LogP contribution in [0.3, 0.4) is 0 Å². The summed E-state index contributed by atoms with van der Waals surface area (Å²) in [6.45, 7) is 4.57. The Morgan fingerprint density at radius 3 is 2.47 bits per heavy atom. The molecule has 0 aliphatic carbocycles. The van der Waals surface area contributed by atoms with Gasteiger partial charge in [0.25, 0.3) is 0 Å². The molecule has 0 radical (unpaired) electrons. The molecule has 0 saturated heterocycles. The molecule has 1 aromatic rings. The fourth-order valence-electron chi connectivity index (χ4n) is 1.68. The summed E-state index contributed by atoms with van der Waals surface area (Å²) >= 11 is 0. The molecule has 0 aliphatic rings. The van der Waals surface area contributed by atoms with Crippen molar-refractivity contribution in [2.24, 2.45) is 0 Å². The lowest BCUT2D eigenvalue weighted by Crippen LogP contribution is -2.09. The van der Waals surface area contributed by atoms with Crippen molar-refractivity contribution in [2.75, 3.05) is 6.61 Å². The quantitative estimate of drug-likeness (QED) is 0.460. The normalized spacial score (nSPS) is 11.4. The van der Waals surface area contributed by atoms with Gasteiger partial charge in [-0.25, -0.2) is 4.79 Å². The summed E-state index contributed by atoms with van der Waals surface area (Å²) in [5.74, 6) is -0.0110. The first-order valence-corrected chi connectivity index (χ1v) is 6.84. The largest absolute Gasteiger partial charge is 0.508 e. The third kappa shape index (κ3) is 5.60. The summed E-state index contributed by atoms with van der Waals surface area (Å²) in [5, 5.41) is 9.23. The highest BCUT2D eigenvalue weighted by Gasteiger charge is 2.10. The molecule has 0 heterocycles. The van der Waals surface area contributed by atoms with E-state index in [1.54, 1.807) is 24.3 Å². The fraction of sp³-hybridized carbons (Fsp3) is 0.438. The van der Waals surface area contributed by atoms with Crippen LogP contribution >= 0.6 is 0 Å². The number of esters is 1. The van der Waals surface area contributed by atoms with Gasteiger partial charge in [0.05, 0.1) is 6.61 Å². The first-order valence-electron chi connectivity index (χ1n) is 6.84. The Balaban J connectivity index is 2.75. The Labute approximate surface area is 114 Å². The van der Waals surface area contributed by atoms with E-state index in [-0.39, 0.29) is 11.7 Å². The van der Waals surface area contributed by atoms with Crippen LogP contribution in [0.4, 0.5) is 0 Å². The average molecular weight is 262 g/mol. The van der Waals surface area contributed by atoms with Gasteiger partial charge in [-0.05, 0) is 36.6 Å². The molecule has 0 bridgehead atoms. The molecular formula is C16H22O3. The topological polar surface area (TPSA) is 46.5 Å². The monoisotopic (exact) mass is 262 g/mol. The molecule has 0 fully saturated rings. The van der Waals surface area contributed by atoms with Crippen molar-refractivity contribution in [2.45, 2.75) is 39.5 Å². The summed E-state index contributed by atoms with van der Waals surface area (Å²) < 4.78 is 5.24. The second-order valence-electron chi connectivity index (χ2n) is 4.50. The van der Waals surface area contributed by atoms with Crippen LogP contribution in [0.25, 0.3) is 6.08 Å². The molecule has 0 aromatic heterocycles. The zero-order valence-electron chi connectivity index (χ0n) is 11.7.